The fraction of sp³-hybridized carbons (Fsp3) is 0.280. The number of phenols is 1. The summed E-state index contributed by atoms with van der Waals surface area (Å²) in [6.45, 7) is 6.24. The Kier molecular flexibility index (Phi) is 7.12. The highest BCUT2D eigenvalue weighted by Crippen LogP contribution is 2.22. The number of nitrogens with two attached hydrogens (primary N) is 1. The first kappa shape index (κ1) is 23.2. The maximum absolute atomic E-state index is 12.7. The van der Waals surface area contributed by atoms with Crippen molar-refractivity contribution in [3.8, 4) is 5.75 Å². The molecule has 0 aliphatic rings. The van der Waals surface area contributed by atoms with Crippen LogP contribution in [0, 0.1) is 6.92 Å². The summed E-state index contributed by atoms with van der Waals surface area (Å²) >= 11 is 0. The third-order valence-corrected chi connectivity index (χ3v) is 5.27. The number of hydrogen-bond acceptors (Lipinski definition) is 6. The Morgan fingerprint density at radius 2 is 1.94 bits per heavy atom. The zero-order valence-electron chi connectivity index (χ0n) is 18.6. The number of aromatic nitrogens is 1. The van der Waals surface area contributed by atoms with Crippen molar-refractivity contribution >= 4 is 17.4 Å². The number of aliphatic hydroxyl groups excluding tert-OH is 1. The fourth-order valence-corrected chi connectivity index (χ4v) is 3.39. The maximum Gasteiger partial charge on any atom is 0.255 e. The Morgan fingerprint density at radius 3 is 2.62 bits per heavy atom. The summed E-state index contributed by atoms with van der Waals surface area (Å²) in [6, 6.07) is 15.9. The van der Waals surface area contributed by atoms with Crippen LogP contribution < -0.4 is 16.4 Å². The van der Waals surface area contributed by atoms with Gasteiger partial charge in [0.2, 0.25) is 0 Å². The number of carbonyl (C=O) groups is 1. The lowest BCUT2D eigenvalue weighted by atomic mass is 9.93. The molecule has 0 saturated carbocycles. The number of anilines is 2. The number of benzene rings is 2. The smallest absolute Gasteiger partial charge is 0.255 e. The molecule has 0 fully saturated rings. The lowest BCUT2D eigenvalue weighted by Crippen LogP contribution is -2.43. The number of β-amino-alcohol motifs (C(OH)–C–C–N with tert-alkyl or cyclic N) is 1. The maximum atomic E-state index is 12.7. The molecule has 1 atom stereocenters. The first-order valence-electron chi connectivity index (χ1n) is 10.5. The molecule has 0 spiro atoms. The molecule has 7 nitrogen and oxygen atoms in total. The van der Waals surface area contributed by atoms with E-state index in [1.54, 1.807) is 43.5 Å². The number of pyridine rings is 1. The van der Waals surface area contributed by atoms with Crippen LogP contribution in [0.1, 0.15) is 47.0 Å². The van der Waals surface area contributed by atoms with Crippen LogP contribution in [0.15, 0.2) is 60.8 Å². The van der Waals surface area contributed by atoms with Gasteiger partial charge in [0.05, 0.1) is 6.10 Å². The van der Waals surface area contributed by atoms with Gasteiger partial charge in [-0.05, 0) is 62.6 Å². The number of nitrogens with one attached hydrogen (secondary N) is 2. The number of aliphatic hydroxyl groups is 1. The molecule has 2 aromatic carbocycles. The third-order valence-electron chi connectivity index (χ3n) is 5.27. The molecule has 0 unspecified atom stereocenters. The first-order valence-corrected chi connectivity index (χ1v) is 10.5. The normalized spacial score (nSPS) is 12.4. The van der Waals surface area contributed by atoms with Crippen LogP contribution in [0.5, 0.6) is 5.75 Å². The molecule has 32 heavy (non-hydrogen) atoms. The number of aromatic hydroxyl groups is 1. The number of aryl methyl sites for hydroxylation is 1. The van der Waals surface area contributed by atoms with E-state index in [4.69, 9.17) is 5.73 Å². The first-order chi connectivity index (χ1) is 15.1. The standard InChI is InChI=1S/C25H30N4O3/c1-16-7-9-20(12-21(16)30)29-24(32)18-6-4-5-17(11-18)13-25(2,3)28-15-22(31)19-8-10-23(26)27-14-19/h4-12,14,22,28,30-31H,13,15H2,1-3H3,(H2,26,27)(H,29,32)/t22-/m0/s1. The van der Waals surface area contributed by atoms with Gasteiger partial charge in [0.1, 0.15) is 11.6 Å². The van der Waals surface area contributed by atoms with Crippen molar-refractivity contribution in [2.45, 2.75) is 38.8 Å². The fourth-order valence-electron chi connectivity index (χ4n) is 3.39. The van der Waals surface area contributed by atoms with Crippen LogP contribution in [0.4, 0.5) is 11.5 Å². The third kappa shape index (κ3) is 6.29. The minimum atomic E-state index is -0.703. The van der Waals surface area contributed by atoms with Crippen molar-refractivity contribution in [1.82, 2.24) is 10.3 Å². The molecular formula is C25H30N4O3. The van der Waals surface area contributed by atoms with Crippen molar-refractivity contribution in [2.24, 2.45) is 0 Å². The Morgan fingerprint density at radius 1 is 1.16 bits per heavy atom. The number of carbonyl (C=O) groups excluding carboxylic acids is 1. The summed E-state index contributed by atoms with van der Waals surface area (Å²) < 4.78 is 0. The predicted octanol–water partition coefficient (Wildman–Crippen LogP) is 3.57. The van der Waals surface area contributed by atoms with Crippen LogP contribution in [0.3, 0.4) is 0 Å². The number of nitrogen functional groups attached to an aromatic ring is 1. The van der Waals surface area contributed by atoms with E-state index in [1.165, 1.54) is 6.07 Å². The molecule has 0 saturated heterocycles. The van der Waals surface area contributed by atoms with Crippen molar-refractivity contribution < 1.29 is 15.0 Å². The number of rotatable bonds is 8. The van der Waals surface area contributed by atoms with E-state index < -0.39 is 6.10 Å². The van der Waals surface area contributed by atoms with Crippen molar-refractivity contribution in [1.29, 1.82) is 0 Å². The molecule has 168 valence electrons. The predicted molar refractivity (Wildman–Crippen MR) is 127 cm³/mol. The topological polar surface area (TPSA) is 120 Å². The largest absolute Gasteiger partial charge is 0.508 e. The Balaban J connectivity index is 1.61. The molecule has 1 heterocycles. The average molecular weight is 435 g/mol. The summed E-state index contributed by atoms with van der Waals surface area (Å²) in [5.41, 5.74) is 8.79. The molecule has 1 aromatic heterocycles. The van der Waals surface area contributed by atoms with E-state index in [2.05, 4.69) is 15.6 Å². The van der Waals surface area contributed by atoms with Gasteiger partial charge >= 0.3 is 0 Å². The highest BCUT2D eigenvalue weighted by Gasteiger charge is 2.20. The molecule has 1 amide bonds. The summed E-state index contributed by atoms with van der Waals surface area (Å²) in [6.07, 6.45) is 1.53. The van der Waals surface area contributed by atoms with Gasteiger partial charge in [-0.15, -0.1) is 0 Å². The molecular weight excluding hydrogens is 404 g/mol. The van der Waals surface area contributed by atoms with Crippen LogP contribution in [0.2, 0.25) is 0 Å². The van der Waals surface area contributed by atoms with E-state index in [9.17, 15) is 15.0 Å². The molecule has 6 N–H and O–H groups in total. The van der Waals surface area contributed by atoms with E-state index in [0.29, 0.717) is 35.6 Å². The second kappa shape index (κ2) is 9.80. The summed E-state index contributed by atoms with van der Waals surface area (Å²) in [5, 5.41) is 26.5. The molecule has 0 radical (unpaired) electrons. The molecule has 3 aromatic rings. The highest BCUT2D eigenvalue weighted by atomic mass is 16.3. The number of nitrogens with zero attached hydrogens (tertiary/aromatic N) is 1. The van der Waals surface area contributed by atoms with Crippen LogP contribution >= 0.6 is 0 Å². The van der Waals surface area contributed by atoms with Gasteiger partial charge in [0, 0.05) is 41.2 Å². The lowest BCUT2D eigenvalue weighted by molar-refractivity contribution is 0.102. The quantitative estimate of drug-likeness (QED) is 0.370. The van der Waals surface area contributed by atoms with Gasteiger partial charge in [-0.2, -0.15) is 0 Å². The second-order valence-electron chi connectivity index (χ2n) is 8.63. The lowest BCUT2D eigenvalue weighted by Gasteiger charge is -2.28. The minimum Gasteiger partial charge on any atom is -0.508 e. The molecule has 3 rings (SSSR count). The zero-order chi connectivity index (χ0) is 23.3. The van der Waals surface area contributed by atoms with E-state index in [-0.39, 0.29) is 17.2 Å². The Hall–Kier alpha value is -3.42. The minimum absolute atomic E-state index is 0.140. The van der Waals surface area contributed by atoms with Crippen molar-refractivity contribution in [3.05, 3.63) is 83.0 Å². The van der Waals surface area contributed by atoms with Gasteiger partial charge in [0.25, 0.3) is 5.91 Å². The number of hydrogen-bond donors (Lipinski definition) is 5. The summed E-state index contributed by atoms with van der Waals surface area (Å²) in [7, 11) is 0. The van der Waals surface area contributed by atoms with Crippen LogP contribution in [-0.2, 0) is 6.42 Å². The van der Waals surface area contributed by atoms with Crippen LogP contribution in [0.25, 0.3) is 0 Å². The van der Waals surface area contributed by atoms with Gasteiger partial charge in [-0.1, -0.05) is 24.3 Å². The van der Waals surface area contributed by atoms with Crippen molar-refractivity contribution in [3.63, 3.8) is 0 Å². The van der Waals surface area contributed by atoms with E-state index in [0.717, 1.165) is 11.1 Å². The van der Waals surface area contributed by atoms with Gasteiger partial charge in [-0.3, -0.25) is 4.79 Å². The van der Waals surface area contributed by atoms with Crippen LogP contribution in [-0.4, -0.2) is 33.2 Å². The van der Waals surface area contributed by atoms with Gasteiger partial charge in [-0.25, -0.2) is 4.98 Å². The zero-order valence-corrected chi connectivity index (χ0v) is 18.6. The average Bonchev–Trinajstić information content (AvgIpc) is 2.75. The monoisotopic (exact) mass is 434 g/mol. The summed E-state index contributed by atoms with van der Waals surface area (Å²) in [4.78, 5) is 16.7. The number of phenolic OH excluding ortho intramolecular Hbond substituents is 1. The second-order valence-corrected chi connectivity index (χ2v) is 8.63. The van der Waals surface area contributed by atoms with Crippen molar-refractivity contribution in [2.75, 3.05) is 17.6 Å². The van der Waals surface area contributed by atoms with Gasteiger partial charge < -0.3 is 26.6 Å². The number of amides is 1. The Bertz CT molecular complexity index is 1080. The van der Waals surface area contributed by atoms with E-state index >= 15 is 0 Å². The van der Waals surface area contributed by atoms with Gasteiger partial charge in [0.15, 0.2) is 0 Å². The molecule has 0 bridgehead atoms. The Labute approximate surface area is 188 Å². The molecule has 0 aliphatic carbocycles. The highest BCUT2D eigenvalue weighted by molar-refractivity contribution is 6.04. The summed E-state index contributed by atoms with van der Waals surface area (Å²) in [5.74, 6) is 0.311. The molecule has 0 aliphatic heterocycles. The molecule has 7 heteroatoms. The van der Waals surface area contributed by atoms with E-state index in [1.807, 2.05) is 32.0 Å². The SMILES string of the molecule is Cc1ccc(NC(=O)c2cccc(CC(C)(C)NC[C@H](O)c3ccc(N)nc3)c2)cc1O.